The Hall–Kier alpha value is -0.570. The van der Waals surface area contributed by atoms with E-state index >= 15 is 0 Å². The van der Waals surface area contributed by atoms with Crippen molar-refractivity contribution in [1.82, 2.24) is 5.32 Å². The minimum atomic E-state index is -0.200. The van der Waals surface area contributed by atoms with Gasteiger partial charge in [-0.15, -0.1) is 0 Å². The monoisotopic (exact) mass is 159 g/mol. The molecule has 11 heavy (non-hydrogen) atoms. The fraction of sp³-hybridized carbons (Fsp3) is 0.875. The van der Waals surface area contributed by atoms with Crippen LogP contribution in [0.4, 0.5) is 0 Å². The standard InChI is InChI=1S/C8H17NO2/c1-6(2)5-11-8(10)7(3)9-4/h6-7,9H,5H2,1-4H3/t7-/m0/s1. The quantitative estimate of drug-likeness (QED) is 0.616. The summed E-state index contributed by atoms with van der Waals surface area (Å²) >= 11 is 0. The Morgan fingerprint density at radius 2 is 2.00 bits per heavy atom. The van der Waals surface area contributed by atoms with Gasteiger partial charge in [0.05, 0.1) is 6.61 Å². The zero-order valence-corrected chi connectivity index (χ0v) is 7.68. The van der Waals surface area contributed by atoms with Crippen LogP contribution in [0.3, 0.4) is 0 Å². The zero-order valence-electron chi connectivity index (χ0n) is 7.68. The van der Waals surface area contributed by atoms with E-state index in [4.69, 9.17) is 4.74 Å². The number of likely N-dealkylation sites (N-methyl/N-ethyl adjacent to an activating group) is 1. The molecule has 0 fully saturated rings. The molecule has 0 aromatic rings. The highest BCUT2D eigenvalue weighted by Crippen LogP contribution is 1.94. The summed E-state index contributed by atoms with van der Waals surface area (Å²) < 4.78 is 4.95. The molecule has 0 spiro atoms. The van der Waals surface area contributed by atoms with Crippen molar-refractivity contribution in [2.45, 2.75) is 26.8 Å². The van der Waals surface area contributed by atoms with Crippen molar-refractivity contribution in [1.29, 1.82) is 0 Å². The molecule has 0 radical (unpaired) electrons. The molecule has 0 aliphatic heterocycles. The SMILES string of the molecule is CN[C@@H](C)C(=O)OCC(C)C. The number of rotatable bonds is 4. The lowest BCUT2D eigenvalue weighted by atomic mass is 10.2. The van der Waals surface area contributed by atoms with E-state index in [9.17, 15) is 4.79 Å². The van der Waals surface area contributed by atoms with Crippen LogP contribution in [0.5, 0.6) is 0 Å². The second kappa shape index (κ2) is 5.13. The van der Waals surface area contributed by atoms with Crippen molar-refractivity contribution in [3.05, 3.63) is 0 Å². The van der Waals surface area contributed by atoms with E-state index in [1.165, 1.54) is 0 Å². The maximum absolute atomic E-state index is 11.0. The van der Waals surface area contributed by atoms with Crippen LogP contribution in [0, 0.1) is 5.92 Å². The third kappa shape index (κ3) is 4.79. The van der Waals surface area contributed by atoms with Gasteiger partial charge in [-0.2, -0.15) is 0 Å². The Balaban J connectivity index is 3.52. The zero-order chi connectivity index (χ0) is 8.85. The van der Waals surface area contributed by atoms with Gasteiger partial charge in [-0.05, 0) is 19.9 Å². The lowest BCUT2D eigenvalue weighted by Crippen LogP contribution is -2.33. The summed E-state index contributed by atoms with van der Waals surface area (Å²) in [5.41, 5.74) is 0. The predicted octanol–water partition coefficient (Wildman–Crippen LogP) is 0.793. The molecule has 0 heterocycles. The van der Waals surface area contributed by atoms with E-state index in [-0.39, 0.29) is 12.0 Å². The van der Waals surface area contributed by atoms with Gasteiger partial charge < -0.3 is 10.1 Å². The molecule has 3 heteroatoms. The molecule has 1 N–H and O–H groups in total. The second-order valence-electron chi connectivity index (χ2n) is 3.03. The van der Waals surface area contributed by atoms with Crippen LogP contribution >= 0.6 is 0 Å². The Bertz CT molecular complexity index is 123. The lowest BCUT2D eigenvalue weighted by molar-refractivity contribution is -0.146. The molecule has 3 nitrogen and oxygen atoms in total. The molecule has 0 rings (SSSR count). The van der Waals surface area contributed by atoms with E-state index in [0.29, 0.717) is 12.5 Å². The molecule has 0 saturated heterocycles. The van der Waals surface area contributed by atoms with E-state index < -0.39 is 0 Å². The third-order valence-electron chi connectivity index (χ3n) is 1.35. The average Bonchev–Trinajstić information content (AvgIpc) is 1.98. The van der Waals surface area contributed by atoms with Crippen molar-refractivity contribution >= 4 is 5.97 Å². The molecule has 0 amide bonds. The van der Waals surface area contributed by atoms with Gasteiger partial charge in [0.15, 0.2) is 0 Å². The minimum absolute atomic E-state index is 0.179. The first kappa shape index (κ1) is 10.4. The number of ether oxygens (including phenoxy) is 1. The van der Waals surface area contributed by atoms with Gasteiger partial charge in [-0.3, -0.25) is 4.79 Å². The average molecular weight is 159 g/mol. The van der Waals surface area contributed by atoms with Crippen molar-refractivity contribution in [2.24, 2.45) is 5.92 Å². The van der Waals surface area contributed by atoms with Gasteiger partial charge in [-0.25, -0.2) is 0 Å². The van der Waals surface area contributed by atoms with Crippen LogP contribution in [-0.2, 0) is 9.53 Å². The van der Waals surface area contributed by atoms with Crippen molar-refractivity contribution in [3.63, 3.8) is 0 Å². The molecule has 0 saturated carbocycles. The Morgan fingerprint density at radius 3 is 2.36 bits per heavy atom. The second-order valence-corrected chi connectivity index (χ2v) is 3.03. The maximum Gasteiger partial charge on any atom is 0.322 e. The summed E-state index contributed by atoms with van der Waals surface area (Å²) in [7, 11) is 1.74. The topological polar surface area (TPSA) is 38.3 Å². The molecular weight excluding hydrogens is 142 g/mol. The van der Waals surface area contributed by atoms with E-state index in [2.05, 4.69) is 5.32 Å². The number of nitrogens with one attached hydrogen (secondary N) is 1. The van der Waals surface area contributed by atoms with Gasteiger partial charge >= 0.3 is 5.97 Å². The number of carbonyl (C=O) groups excluding carboxylic acids is 1. The Kier molecular flexibility index (Phi) is 4.86. The number of carbonyl (C=O) groups is 1. The summed E-state index contributed by atoms with van der Waals surface area (Å²) in [6.45, 7) is 6.31. The molecular formula is C8H17NO2. The summed E-state index contributed by atoms with van der Waals surface area (Å²) in [6, 6.07) is -0.200. The largest absolute Gasteiger partial charge is 0.464 e. The van der Waals surface area contributed by atoms with Crippen LogP contribution in [0.25, 0.3) is 0 Å². The molecule has 0 aromatic carbocycles. The molecule has 0 aliphatic rings. The Labute approximate surface area is 68.1 Å². The first-order chi connectivity index (χ1) is 5.07. The third-order valence-corrected chi connectivity index (χ3v) is 1.35. The van der Waals surface area contributed by atoms with E-state index in [1.54, 1.807) is 14.0 Å². The molecule has 66 valence electrons. The van der Waals surface area contributed by atoms with Crippen molar-refractivity contribution < 1.29 is 9.53 Å². The number of hydrogen-bond acceptors (Lipinski definition) is 3. The smallest absolute Gasteiger partial charge is 0.322 e. The van der Waals surface area contributed by atoms with Crippen molar-refractivity contribution in [2.75, 3.05) is 13.7 Å². The van der Waals surface area contributed by atoms with Gasteiger partial charge in [0.1, 0.15) is 6.04 Å². The first-order valence-electron chi connectivity index (χ1n) is 3.91. The highest BCUT2D eigenvalue weighted by molar-refractivity contribution is 5.75. The summed E-state index contributed by atoms with van der Waals surface area (Å²) in [5, 5.41) is 2.81. The van der Waals surface area contributed by atoms with Crippen LogP contribution in [0.15, 0.2) is 0 Å². The first-order valence-corrected chi connectivity index (χ1v) is 3.91. The van der Waals surface area contributed by atoms with E-state index in [1.807, 2.05) is 13.8 Å². The van der Waals surface area contributed by atoms with Crippen LogP contribution < -0.4 is 5.32 Å². The number of esters is 1. The summed E-state index contributed by atoms with van der Waals surface area (Å²) in [6.07, 6.45) is 0. The number of hydrogen-bond donors (Lipinski definition) is 1. The summed E-state index contributed by atoms with van der Waals surface area (Å²) in [5.74, 6) is 0.226. The highest BCUT2D eigenvalue weighted by atomic mass is 16.5. The fourth-order valence-electron chi connectivity index (χ4n) is 0.492. The van der Waals surface area contributed by atoms with Crippen LogP contribution in [0.2, 0.25) is 0 Å². The Morgan fingerprint density at radius 1 is 1.45 bits per heavy atom. The highest BCUT2D eigenvalue weighted by Gasteiger charge is 2.11. The predicted molar refractivity (Wildman–Crippen MR) is 44.3 cm³/mol. The summed E-state index contributed by atoms with van der Waals surface area (Å²) in [4.78, 5) is 11.0. The van der Waals surface area contributed by atoms with Crippen LogP contribution in [-0.4, -0.2) is 25.7 Å². The van der Waals surface area contributed by atoms with Crippen LogP contribution in [0.1, 0.15) is 20.8 Å². The molecule has 0 aromatic heterocycles. The minimum Gasteiger partial charge on any atom is -0.464 e. The normalized spacial score (nSPS) is 13.2. The molecule has 1 atom stereocenters. The van der Waals surface area contributed by atoms with Gasteiger partial charge in [0, 0.05) is 0 Å². The van der Waals surface area contributed by atoms with Crippen molar-refractivity contribution in [3.8, 4) is 0 Å². The van der Waals surface area contributed by atoms with Gasteiger partial charge in [-0.1, -0.05) is 13.8 Å². The lowest BCUT2D eigenvalue weighted by Gasteiger charge is -2.11. The van der Waals surface area contributed by atoms with E-state index in [0.717, 1.165) is 0 Å². The molecule has 0 unspecified atom stereocenters. The molecule has 0 aliphatic carbocycles. The fourth-order valence-corrected chi connectivity index (χ4v) is 0.492. The van der Waals surface area contributed by atoms with Gasteiger partial charge in [0.2, 0.25) is 0 Å². The van der Waals surface area contributed by atoms with Gasteiger partial charge in [0.25, 0.3) is 0 Å². The maximum atomic E-state index is 11.0. The molecule has 0 bridgehead atoms.